The standard InChI is InChI=1S/C45H38FN5O8/c1-48-35-24-37(59-3)36(58-2)23-33(35)47-32(42(48)55)18-19-49-43(56)50-20-17-27-34(51(50)44(49)57)22-30-40(53)29(25-11-6-4-7-12-25)21-38(52)45(30,26-13-8-5-9-14-26)39(27)28-15-10-16-31(46)41(28)54/h4-17,21,23-24,30,34,39,54H,18-20,22H2,1-3H3. The molecule has 1 saturated carbocycles. The van der Waals surface area contributed by atoms with E-state index in [-0.39, 0.29) is 48.5 Å². The summed E-state index contributed by atoms with van der Waals surface area (Å²) in [5, 5.41) is 11.4. The second kappa shape index (κ2) is 14.1. The number of aromatic nitrogens is 5. The SMILES string of the molecule is COc1cc2nc(CCn3c(=O)n4n(c3=O)C3CC5C(=O)C(c6ccccc6)=CC(=O)C5(c5ccccc5)C(c5cccc(F)c5O)C3=CC4)c(=O)n(C)c2cc1OC. The molecule has 6 aromatic rings. The van der Waals surface area contributed by atoms with Gasteiger partial charge in [0.15, 0.2) is 34.6 Å². The molecule has 3 heterocycles. The lowest BCUT2D eigenvalue weighted by molar-refractivity contribution is -0.133. The molecule has 0 radical (unpaired) electrons. The molecule has 1 aliphatic heterocycles. The van der Waals surface area contributed by atoms with Crippen molar-refractivity contribution in [3.8, 4) is 17.2 Å². The Morgan fingerprint density at radius 3 is 2.29 bits per heavy atom. The van der Waals surface area contributed by atoms with Gasteiger partial charge in [-0.05, 0) is 35.3 Å². The number of nitrogens with zero attached hydrogens (tertiary/aromatic N) is 5. The number of Topliss-reactive ketones (excluding diaryl/α,β-unsaturated/α-hetero) is 1. The van der Waals surface area contributed by atoms with E-state index in [0.717, 1.165) is 10.6 Å². The topological polar surface area (TPSA) is 157 Å². The highest BCUT2D eigenvalue weighted by molar-refractivity contribution is 6.31. The zero-order valence-corrected chi connectivity index (χ0v) is 32.3. The van der Waals surface area contributed by atoms with Crippen molar-refractivity contribution in [2.75, 3.05) is 14.2 Å². The number of halogens is 1. The summed E-state index contributed by atoms with van der Waals surface area (Å²) in [6.07, 6.45) is 2.95. The number of phenols is 1. The van der Waals surface area contributed by atoms with Crippen LogP contribution in [0.4, 0.5) is 4.39 Å². The predicted molar refractivity (Wildman–Crippen MR) is 215 cm³/mol. The quantitative estimate of drug-likeness (QED) is 0.217. The predicted octanol–water partition coefficient (Wildman–Crippen LogP) is 4.62. The van der Waals surface area contributed by atoms with Gasteiger partial charge in [-0.15, -0.1) is 0 Å². The highest BCUT2D eigenvalue weighted by Gasteiger charge is 2.63. The fraction of sp³-hybridized carbons (Fsp3) is 0.244. The molecule has 2 aliphatic carbocycles. The Kier molecular flexibility index (Phi) is 8.94. The third kappa shape index (κ3) is 5.49. The highest BCUT2D eigenvalue weighted by atomic mass is 19.1. The maximum Gasteiger partial charge on any atom is 0.347 e. The molecule has 4 atom stereocenters. The average molecular weight is 796 g/mol. The first-order valence-electron chi connectivity index (χ1n) is 19.1. The number of hydrogen-bond acceptors (Lipinski definition) is 9. The van der Waals surface area contributed by atoms with Gasteiger partial charge in [0.05, 0.1) is 43.3 Å². The Labute approximate surface area is 335 Å². The summed E-state index contributed by atoms with van der Waals surface area (Å²) in [5.74, 6) is -3.79. The molecular formula is C45H38FN5O8. The van der Waals surface area contributed by atoms with E-state index < -0.39 is 57.6 Å². The van der Waals surface area contributed by atoms with Crippen LogP contribution in [0.1, 0.15) is 40.8 Å². The zero-order chi connectivity index (χ0) is 41.3. The van der Waals surface area contributed by atoms with Gasteiger partial charge in [-0.1, -0.05) is 78.9 Å². The second-order valence-electron chi connectivity index (χ2n) is 15.0. The maximum absolute atomic E-state index is 15.4. The number of fused-ring (bicyclic) bond motifs is 5. The lowest BCUT2D eigenvalue weighted by Crippen LogP contribution is -2.58. The Bertz CT molecular complexity index is 2980. The van der Waals surface area contributed by atoms with Gasteiger partial charge in [0.25, 0.3) is 5.56 Å². The molecule has 298 valence electrons. The molecule has 0 bridgehead atoms. The van der Waals surface area contributed by atoms with Crippen molar-refractivity contribution in [1.82, 2.24) is 23.5 Å². The van der Waals surface area contributed by atoms with Crippen LogP contribution in [-0.2, 0) is 41.6 Å². The van der Waals surface area contributed by atoms with Crippen LogP contribution in [0.5, 0.6) is 17.2 Å². The van der Waals surface area contributed by atoms with Crippen LogP contribution in [0.2, 0.25) is 0 Å². The van der Waals surface area contributed by atoms with Gasteiger partial charge in [0, 0.05) is 55.1 Å². The molecule has 9 rings (SSSR count). The largest absolute Gasteiger partial charge is 0.505 e. The number of aryl methyl sites for hydroxylation is 2. The van der Waals surface area contributed by atoms with Gasteiger partial charge >= 0.3 is 11.4 Å². The normalized spacial score (nSPS) is 21.0. The smallest absolute Gasteiger partial charge is 0.347 e. The van der Waals surface area contributed by atoms with E-state index in [1.807, 2.05) is 0 Å². The molecule has 1 fully saturated rings. The van der Waals surface area contributed by atoms with Crippen LogP contribution in [0.25, 0.3) is 16.6 Å². The molecular weight excluding hydrogens is 758 g/mol. The fourth-order valence-electron chi connectivity index (χ4n) is 9.57. The van der Waals surface area contributed by atoms with Crippen molar-refractivity contribution >= 4 is 28.2 Å². The number of phenolic OH excluding ortho intramolecular Hbond substituents is 1. The van der Waals surface area contributed by atoms with Crippen molar-refractivity contribution in [3.05, 3.63) is 168 Å². The van der Waals surface area contributed by atoms with Crippen molar-refractivity contribution in [2.24, 2.45) is 13.0 Å². The summed E-state index contributed by atoms with van der Waals surface area (Å²) in [6, 6.07) is 24.0. The second-order valence-corrected chi connectivity index (χ2v) is 15.0. The first kappa shape index (κ1) is 37.5. The average Bonchev–Trinajstić information content (AvgIpc) is 3.51. The molecule has 4 aromatic carbocycles. The molecule has 0 amide bonds. The molecule has 2 aromatic heterocycles. The minimum Gasteiger partial charge on any atom is -0.505 e. The van der Waals surface area contributed by atoms with Crippen LogP contribution in [0.3, 0.4) is 0 Å². The van der Waals surface area contributed by atoms with Crippen LogP contribution in [-0.4, -0.2) is 54.4 Å². The highest BCUT2D eigenvalue weighted by Crippen LogP contribution is 2.62. The first-order valence-corrected chi connectivity index (χ1v) is 19.1. The summed E-state index contributed by atoms with van der Waals surface area (Å²) < 4.78 is 31.2. The van der Waals surface area contributed by atoms with Gasteiger partial charge in [0.2, 0.25) is 0 Å². The van der Waals surface area contributed by atoms with E-state index in [1.165, 1.54) is 46.4 Å². The van der Waals surface area contributed by atoms with Crippen molar-refractivity contribution in [2.45, 2.75) is 43.3 Å². The van der Waals surface area contributed by atoms with E-state index in [2.05, 4.69) is 4.98 Å². The monoisotopic (exact) mass is 795 g/mol. The molecule has 4 unspecified atom stereocenters. The summed E-state index contributed by atoms with van der Waals surface area (Å²) in [5.41, 5.74) is -0.583. The maximum atomic E-state index is 15.4. The summed E-state index contributed by atoms with van der Waals surface area (Å²) >= 11 is 0. The first-order chi connectivity index (χ1) is 28.5. The van der Waals surface area contributed by atoms with Crippen LogP contribution >= 0.6 is 0 Å². The van der Waals surface area contributed by atoms with Crippen LogP contribution < -0.4 is 26.4 Å². The van der Waals surface area contributed by atoms with Gasteiger partial charge in [0.1, 0.15) is 5.69 Å². The van der Waals surface area contributed by atoms with Crippen LogP contribution in [0.15, 0.2) is 123 Å². The van der Waals surface area contributed by atoms with Gasteiger partial charge < -0.3 is 19.1 Å². The lowest BCUT2D eigenvalue weighted by Gasteiger charge is -2.54. The van der Waals surface area contributed by atoms with Crippen molar-refractivity contribution < 1.29 is 28.6 Å². The Morgan fingerprint density at radius 2 is 1.58 bits per heavy atom. The molecule has 14 heteroatoms. The van der Waals surface area contributed by atoms with E-state index >= 15 is 14.0 Å². The molecule has 13 nitrogen and oxygen atoms in total. The number of methoxy groups -OCH3 is 2. The zero-order valence-electron chi connectivity index (χ0n) is 32.3. The van der Waals surface area contributed by atoms with E-state index in [4.69, 9.17) is 9.47 Å². The summed E-state index contributed by atoms with van der Waals surface area (Å²) in [7, 11) is 4.56. The minimum atomic E-state index is -1.66. The number of ketones is 2. The minimum absolute atomic E-state index is 0.0660. The van der Waals surface area contributed by atoms with Gasteiger partial charge in [-0.2, -0.15) is 0 Å². The number of para-hydroxylation sites is 1. The molecule has 0 saturated heterocycles. The van der Waals surface area contributed by atoms with Gasteiger partial charge in [-0.3, -0.25) is 14.4 Å². The molecule has 3 aliphatic rings. The molecule has 0 spiro atoms. The van der Waals surface area contributed by atoms with Gasteiger partial charge in [-0.25, -0.2) is 32.9 Å². The summed E-state index contributed by atoms with van der Waals surface area (Å²) in [4.78, 5) is 77.0. The Morgan fingerprint density at radius 1 is 0.881 bits per heavy atom. The number of aromatic hydroxyl groups is 1. The number of rotatable bonds is 8. The number of allylic oxidation sites excluding steroid dienone is 4. The van der Waals surface area contributed by atoms with Crippen LogP contribution in [0, 0.1) is 11.7 Å². The summed E-state index contributed by atoms with van der Waals surface area (Å²) in [6.45, 7) is -0.294. The van der Waals surface area contributed by atoms with Crippen molar-refractivity contribution in [3.63, 3.8) is 0 Å². The fourth-order valence-corrected chi connectivity index (χ4v) is 9.57. The molecule has 1 N–H and O–H groups in total. The van der Waals surface area contributed by atoms with E-state index in [9.17, 15) is 19.5 Å². The number of carbonyl (C=O) groups is 2. The Balaban J connectivity index is 1.19. The van der Waals surface area contributed by atoms with Crippen molar-refractivity contribution in [1.29, 1.82) is 0 Å². The number of hydrogen-bond donors (Lipinski definition) is 1. The molecule has 59 heavy (non-hydrogen) atoms. The van der Waals surface area contributed by atoms with E-state index in [1.54, 1.807) is 85.9 Å². The third-order valence-corrected chi connectivity index (χ3v) is 12.3. The Hall–Kier alpha value is -7.09. The lowest BCUT2D eigenvalue weighted by atomic mass is 9.47. The third-order valence-electron chi connectivity index (χ3n) is 12.3. The number of benzene rings is 4. The van der Waals surface area contributed by atoms with E-state index in [0.29, 0.717) is 39.2 Å². The number of carbonyl (C=O) groups excluding carboxylic acids is 2. The number of ether oxygens (including phenoxy) is 2.